The molecule has 0 aliphatic carbocycles. The van der Waals surface area contributed by atoms with Crippen molar-refractivity contribution in [3.05, 3.63) is 23.9 Å². The van der Waals surface area contributed by atoms with Gasteiger partial charge in [-0.1, -0.05) is 0 Å². The lowest BCUT2D eigenvalue weighted by Gasteiger charge is -2.04. The Morgan fingerprint density at radius 3 is 2.95 bits per heavy atom. The van der Waals surface area contributed by atoms with Crippen molar-refractivity contribution in [2.45, 2.75) is 6.42 Å². The number of hydrogen-bond donors (Lipinski definition) is 3. The third-order valence-electron chi connectivity index (χ3n) is 2.61. The molecule has 19 heavy (non-hydrogen) atoms. The van der Waals surface area contributed by atoms with Gasteiger partial charge in [-0.3, -0.25) is 14.7 Å². The van der Waals surface area contributed by atoms with Gasteiger partial charge < -0.3 is 15.8 Å². The van der Waals surface area contributed by atoms with Crippen molar-refractivity contribution < 1.29 is 14.3 Å². The summed E-state index contributed by atoms with van der Waals surface area (Å²) in [5.41, 5.74) is 6.64. The highest BCUT2D eigenvalue weighted by Gasteiger charge is 2.11. The van der Waals surface area contributed by atoms with Crippen molar-refractivity contribution in [3.63, 3.8) is 0 Å². The van der Waals surface area contributed by atoms with Gasteiger partial charge in [0.15, 0.2) is 5.69 Å². The number of hydrogen-bond acceptors (Lipinski definition) is 4. The van der Waals surface area contributed by atoms with E-state index in [1.165, 1.54) is 7.11 Å². The minimum atomic E-state index is -0.617. The van der Waals surface area contributed by atoms with Gasteiger partial charge in [-0.15, -0.1) is 0 Å². The van der Waals surface area contributed by atoms with E-state index in [1.54, 1.807) is 18.2 Å². The fourth-order valence-corrected chi connectivity index (χ4v) is 1.70. The maximum atomic E-state index is 11.6. The summed E-state index contributed by atoms with van der Waals surface area (Å²) >= 11 is 0. The first-order valence-corrected chi connectivity index (χ1v) is 5.68. The summed E-state index contributed by atoms with van der Waals surface area (Å²) in [6, 6.07) is 5.10. The number of benzene rings is 1. The smallest absolute Gasteiger partial charge is 0.269 e. The molecule has 0 bridgehead atoms. The molecule has 0 atom stereocenters. The van der Waals surface area contributed by atoms with Gasteiger partial charge in [0.25, 0.3) is 5.91 Å². The highest BCUT2D eigenvalue weighted by Crippen LogP contribution is 2.20. The second kappa shape index (κ2) is 5.49. The van der Waals surface area contributed by atoms with Crippen molar-refractivity contribution >= 4 is 28.4 Å². The molecule has 0 aliphatic heterocycles. The summed E-state index contributed by atoms with van der Waals surface area (Å²) in [7, 11) is 1.53. The molecule has 0 aliphatic rings. The number of methoxy groups -OCH3 is 1. The Balaban J connectivity index is 2.23. The number of nitrogens with two attached hydrogens (primary N) is 1. The van der Waals surface area contributed by atoms with Crippen LogP contribution in [0.3, 0.4) is 0 Å². The number of anilines is 1. The lowest BCUT2D eigenvalue weighted by molar-refractivity contribution is -0.117. The van der Waals surface area contributed by atoms with E-state index in [1.807, 2.05) is 0 Å². The molecule has 7 nitrogen and oxygen atoms in total. The minimum absolute atomic E-state index is 0.156. The van der Waals surface area contributed by atoms with E-state index in [-0.39, 0.29) is 18.0 Å². The van der Waals surface area contributed by atoms with Crippen LogP contribution in [0.25, 0.3) is 10.9 Å². The predicted molar refractivity (Wildman–Crippen MR) is 69.7 cm³/mol. The molecule has 100 valence electrons. The van der Waals surface area contributed by atoms with Crippen LogP contribution in [0.1, 0.15) is 16.9 Å². The highest BCUT2D eigenvalue weighted by atomic mass is 16.5. The van der Waals surface area contributed by atoms with E-state index in [0.717, 1.165) is 0 Å². The van der Waals surface area contributed by atoms with Crippen molar-refractivity contribution in [1.29, 1.82) is 0 Å². The molecule has 0 saturated heterocycles. The first kappa shape index (κ1) is 13.0. The number of ether oxygens (including phenoxy) is 1. The predicted octanol–water partition coefficient (Wildman–Crippen LogP) is 0.637. The molecular formula is C12H14N4O3. The van der Waals surface area contributed by atoms with E-state index in [9.17, 15) is 9.59 Å². The van der Waals surface area contributed by atoms with Crippen molar-refractivity contribution in [2.24, 2.45) is 5.73 Å². The molecule has 1 aromatic carbocycles. The number of aromatic nitrogens is 2. The van der Waals surface area contributed by atoms with Crippen LogP contribution in [-0.4, -0.2) is 35.7 Å². The van der Waals surface area contributed by atoms with Crippen LogP contribution < -0.4 is 11.1 Å². The Hall–Kier alpha value is -2.41. The van der Waals surface area contributed by atoms with E-state index in [4.69, 9.17) is 10.5 Å². The molecule has 2 amide bonds. The summed E-state index contributed by atoms with van der Waals surface area (Å²) in [4.78, 5) is 22.7. The van der Waals surface area contributed by atoms with Crippen LogP contribution in [0, 0.1) is 0 Å². The zero-order chi connectivity index (χ0) is 13.8. The molecule has 0 unspecified atom stereocenters. The van der Waals surface area contributed by atoms with Gasteiger partial charge in [-0.05, 0) is 18.2 Å². The van der Waals surface area contributed by atoms with Crippen molar-refractivity contribution in [1.82, 2.24) is 10.2 Å². The lowest BCUT2D eigenvalue weighted by atomic mass is 10.2. The van der Waals surface area contributed by atoms with E-state index in [0.29, 0.717) is 23.2 Å². The monoisotopic (exact) mass is 262 g/mol. The van der Waals surface area contributed by atoms with Crippen molar-refractivity contribution in [3.8, 4) is 0 Å². The zero-order valence-electron chi connectivity index (χ0n) is 10.4. The average molecular weight is 262 g/mol. The van der Waals surface area contributed by atoms with Crippen LogP contribution in [-0.2, 0) is 9.53 Å². The van der Waals surface area contributed by atoms with Gasteiger partial charge in [0.1, 0.15) is 0 Å². The van der Waals surface area contributed by atoms with Crippen LogP contribution in [0.15, 0.2) is 18.2 Å². The number of nitrogens with zero attached hydrogens (tertiary/aromatic N) is 1. The number of fused-ring (bicyclic) bond motifs is 1. The maximum Gasteiger partial charge on any atom is 0.269 e. The molecule has 0 spiro atoms. The average Bonchev–Trinajstić information content (AvgIpc) is 2.79. The number of rotatable bonds is 5. The number of carbonyl (C=O) groups excluding carboxylic acids is 2. The van der Waals surface area contributed by atoms with Gasteiger partial charge in [-0.2, -0.15) is 5.10 Å². The van der Waals surface area contributed by atoms with E-state index < -0.39 is 5.91 Å². The van der Waals surface area contributed by atoms with Gasteiger partial charge in [0, 0.05) is 18.2 Å². The summed E-state index contributed by atoms with van der Waals surface area (Å²) in [6.07, 6.45) is 0.266. The van der Waals surface area contributed by atoms with Crippen LogP contribution >= 0.6 is 0 Å². The Morgan fingerprint density at radius 1 is 1.47 bits per heavy atom. The molecule has 0 fully saturated rings. The second-order valence-corrected chi connectivity index (χ2v) is 3.99. The summed E-state index contributed by atoms with van der Waals surface area (Å²) in [6.45, 7) is 0.353. The number of carbonyl (C=O) groups is 2. The normalized spacial score (nSPS) is 10.6. The fourth-order valence-electron chi connectivity index (χ4n) is 1.70. The quantitative estimate of drug-likeness (QED) is 0.734. The van der Waals surface area contributed by atoms with Crippen LogP contribution in [0.2, 0.25) is 0 Å². The molecule has 1 heterocycles. The molecule has 2 rings (SSSR count). The third-order valence-corrected chi connectivity index (χ3v) is 2.61. The van der Waals surface area contributed by atoms with Crippen molar-refractivity contribution in [2.75, 3.05) is 19.0 Å². The number of aromatic amines is 1. The lowest BCUT2D eigenvalue weighted by Crippen LogP contribution is -2.14. The Morgan fingerprint density at radius 2 is 2.26 bits per heavy atom. The standard InChI is InChI=1S/C12H14N4O3/c1-19-5-4-10(17)14-7-2-3-9-8(6-7)11(12(13)18)16-15-9/h2-3,6H,4-5H2,1H3,(H2,13,18)(H,14,17)(H,15,16). The molecule has 0 radical (unpaired) electrons. The second-order valence-electron chi connectivity index (χ2n) is 3.99. The topological polar surface area (TPSA) is 110 Å². The highest BCUT2D eigenvalue weighted by molar-refractivity contribution is 6.05. The Kier molecular flexibility index (Phi) is 3.76. The summed E-state index contributed by atoms with van der Waals surface area (Å²) < 4.78 is 4.82. The van der Waals surface area contributed by atoms with Gasteiger partial charge in [0.05, 0.1) is 18.5 Å². The summed E-state index contributed by atoms with van der Waals surface area (Å²) in [5, 5.41) is 9.83. The summed E-state index contributed by atoms with van der Waals surface area (Å²) in [5.74, 6) is -0.778. The first-order valence-electron chi connectivity index (χ1n) is 5.68. The third kappa shape index (κ3) is 2.89. The number of amides is 2. The Labute approximate surface area is 109 Å². The van der Waals surface area contributed by atoms with E-state index in [2.05, 4.69) is 15.5 Å². The first-order chi connectivity index (χ1) is 9.11. The van der Waals surface area contributed by atoms with Crippen LogP contribution in [0.4, 0.5) is 5.69 Å². The molecule has 1 aromatic heterocycles. The SMILES string of the molecule is COCCC(=O)Nc1ccc2[nH]nc(C(N)=O)c2c1. The fraction of sp³-hybridized carbons (Fsp3) is 0.250. The number of primary amides is 1. The minimum Gasteiger partial charge on any atom is -0.384 e. The zero-order valence-corrected chi connectivity index (χ0v) is 10.4. The van der Waals surface area contributed by atoms with Gasteiger partial charge in [0.2, 0.25) is 5.91 Å². The molecule has 2 aromatic rings. The molecule has 7 heteroatoms. The van der Waals surface area contributed by atoms with Gasteiger partial charge >= 0.3 is 0 Å². The molecule has 0 saturated carbocycles. The number of nitrogens with one attached hydrogen (secondary N) is 2. The maximum absolute atomic E-state index is 11.6. The molecular weight excluding hydrogens is 248 g/mol. The Bertz CT molecular complexity index is 620. The van der Waals surface area contributed by atoms with Gasteiger partial charge in [-0.25, -0.2) is 0 Å². The largest absolute Gasteiger partial charge is 0.384 e. The van der Waals surface area contributed by atoms with Crippen LogP contribution in [0.5, 0.6) is 0 Å². The molecule has 4 N–H and O–H groups in total. The van der Waals surface area contributed by atoms with E-state index >= 15 is 0 Å². The number of H-pyrrole nitrogens is 1.